The molecule has 6 atom stereocenters. The molecule has 0 saturated carbocycles. The summed E-state index contributed by atoms with van der Waals surface area (Å²) in [6.45, 7) is 8.18. The summed E-state index contributed by atoms with van der Waals surface area (Å²) in [6, 6.07) is 13.1. The van der Waals surface area contributed by atoms with Gasteiger partial charge in [-0.05, 0) is 42.2 Å². The van der Waals surface area contributed by atoms with Gasteiger partial charge in [0.2, 0.25) is 5.91 Å². The van der Waals surface area contributed by atoms with E-state index in [1.54, 1.807) is 33.7 Å². The van der Waals surface area contributed by atoms with Gasteiger partial charge in [-0.2, -0.15) is 0 Å². The molecule has 5 rings (SSSR count). The number of thioether (sulfide) groups is 1. The Morgan fingerprint density at radius 1 is 1.21 bits per heavy atom. The number of carbonyl (C=O) groups is 3. The van der Waals surface area contributed by atoms with E-state index in [2.05, 4.69) is 29.1 Å². The zero-order chi connectivity index (χ0) is 27.7. The summed E-state index contributed by atoms with van der Waals surface area (Å²) in [6.07, 6.45) is 4.83. The van der Waals surface area contributed by atoms with Crippen molar-refractivity contribution in [2.75, 3.05) is 31.2 Å². The zero-order valence-electron chi connectivity index (χ0n) is 21.7. The van der Waals surface area contributed by atoms with Crippen LogP contribution in [0.2, 0.25) is 0 Å². The molecular weight excluding hydrogens is 580 g/mol. The van der Waals surface area contributed by atoms with E-state index < -0.39 is 28.6 Å². The number of carbonyl (C=O) groups excluding carboxylic acids is 3. The molecule has 3 fully saturated rings. The maximum Gasteiger partial charge on any atom is 0.310 e. The first-order valence-corrected chi connectivity index (χ1v) is 15.1. The molecule has 2 bridgehead atoms. The van der Waals surface area contributed by atoms with Crippen LogP contribution in [0.4, 0.5) is 5.69 Å². The number of aliphatic hydroxyl groups is 1. The molecule has 39 heavy (non-hydrogen) atoms. The van der Waals surface area contributed by atoms with Crippen LogP contribution in [0.1, 0.15) is 19.3 Å². The minimum Gasteiger partial charge on any atom is -0.465 e. The van der Waals surface area contributed by atoms with E-state index >= 15 is 0 Å². The lowest BCUT2D eigenvalue weighted by molar-refractivity contribution is -0.154. The number of likely N-dealkylation sites (tertiary alicyclic amines) is 1. The molecule has 3 saturated heterocycles. The molecule has 0 aromatic heterocycles. The number of rotatable bonds is 11. The summed E-state index contributed by atoms with van der Waals surface area (Å²) in [4.78, 5) is 45.2. The summed E-state index contributed by atoms with van der Waals surface area (Å²) in [5.41, 5.74) is 0.723. The standard InChI is InChI=1S/C30H33BrN2O5S/c1-3-5-16-38-29(37)23-24-27(35)33(14-8-15-34)26(30(24)18-22(31)25(23)39-30)28(36)32(13-4-2)21-12-11-19-9-6-7-10-20(19)17-21/h3-4,6-7,9-12,17,22-26,34H,1-2,5,8,13-16,18H2/t22?,23-,24+,25-,26?,30?/m1/s1. The number of alkyl halides is 1. The number of hydrogen-bond acceptors (Lipinski definition) is 6. The van der Waals surface area contributed by atoms with Crippen LogP contribution in [0.25, 0.3) is 10.8 Å². The topological polar surface area (TPSA) is 87.2 Å². The fourth-order valence-electron chi connectivity index (χ4n) is 6.44. The van der Waals surface area contributed by atoms with Gasteiger partial charge >= 0.3 is 5.97 Å². The van der Waals surface area contributed by atoms with Crippen molar-refractivity contribution in [2.24, 2.45) is 11.8 Å². The smallest absolute Gasteiger partial charge is 0.310 e. The van der Waals surface area contributed by atoms with Crippen LogP contribution < -0.4 is 4.90 Å². The van der Waals surface area contributed by atoms with Crippen LogP contribution in [-0.4, -0.2) is 75.0 Å². The summed E-state index contributed by atoms with van der Waals surface area (Å²) in [5.74, 6) is -2.11. The minimum absolute atomic E-state index is 0.0369. The van der Waals surface area contributed by atoms with Crippen molar-refractivity contribution in [1.29, 1.82) is 0 Å². The van der Waals surface area contributed by atoms with Crippen LogP contribution in [0.15, 0.2) is 67.8 Å². The molecule has 2 amide bonds. The second-order valence-electron chi connectivity index (χ2n) is 10.3. The lowest BCUT2D eigenvalue weighted by Crippen LogP contribution is -2.55. The first-order chi connectivity index (χ1) is 18.9. The number of hydrogen-bond donors (Lipinski definition) is 1. The van der Waals surface area contributed by atoms with E-state index in [4.69, 9.17) is 4.74 Å². The van der Waals surface area contributed by atoms with Crippen molar-refractivity contribution in [3.63, 3.8) is 0 Å². The van der Waals surface area contributed by atoms with Gasteiger partial charge in [-0.3, -0.25) is 14.4 Å². The average Bonchev–Trinajstić information content (AvgIpc) is 3.53. The molecule has 7 nitrogen and oxygen atoms in total. The molecule has 3 heterocycles. The van der Waals surface area contributed by atoms with Gasteiger partial charge in [0.15, 0.2) is 0 Å². The van der Waals surface area contributed by atoms with Crippen LogP contribution >= 0.6 is 27.7 Å². The highest BCUT2D eigenvalue weighted by Crippen LogP contribution is 2.68. The van der Waals surface area contributed by atoms with Crippen LogP contribution in [0, 0.1) is 11.8 Å². The lowest BCUT2D eigenvalue weighted by Gasteiger charge is -2.37. The van der Waals surface area contributed by atoms with Gasteiger partial charge in [-0.25, -0.2) is 0 Å². The van der Waals surface area contributed by atoms with E-state index in [1.807, 2.05) is 42.5 Å². The number of ether oxygens (including phenoxy) is 1. The van der Waals surface area contributed by atoms with Crippen LogP contribution in [0.3, 0.4) is 0 Å². The summed E-state index contributed by atoms with van der Waals surface area (Å²) in [7, 11) is 0. The first kappa shape index (κ1) is 27.9. The van der Waals surface area contributed by atoms with Gasteiger partial charge in [0.05, 0.1) is 23.2 Å². The molecule has 2 aromatic carbocycles. The van der Waals surface area contributed by atoms with Crippen molar-refractivity contribution in [3.8, 4) is 0 Å². The quantitative estimate of drug-likeness (QED) is 0.176. The maximum absolute atomic E-state index is 14.6. The van der Waals surface area contributed by atoms with Crippen molar-refractivity contribution < 1.29 is 24.2 Å². The average molecular weight is 614 g/mol. The van der Waals surface area contributed by atoms with Gasteiger partial charge < -0.3 is 19.6 Å². The Hall–Kier alpha value is -2.62. The van der Waals surface area contributed by atoms with E-state index in [9.17, 15) is 19.5 Å². The van der Waals surface area contributed by atoms with Crippen LogP contribution in [0.5, 0.6) is 0 Å². The number of nitrogens with zero attached hydrogens (tertiary/aromatic N) is 2. The Morgan fingerprint density at radius 3 is 2.69 bits per heavy atom. The molecule has 3 aliphatic rings. The van der Waals surface area contributed by atoms with E-state index in [-0.39, 0.29) is 48.2 Å². The number of benzene rings is 2. The molecule has 0 aliphatic carbocycles. The number of fused-ring (bicyclic) bond motifs is 2. The molecule has 206 valence electrons. The Morgan fingerprint density at radius 2 is 1.97 bits per heavy atom. The summed E-state index contributed by atoms with van der Waals surface area (Å²) >= 11 is 5.35. The molecule has 1 spiro atoms. The number of halogens is 1. The third kappa shape index (κ3) is 4.72. The number of anilines is 1. The second kappa shape index (κ2) is 11.5. The fourth-order valence-corrected chi connectivity index (χ4v) is 10.0. The number of amides is 2. The highest BCUT2D eigenvalue weighted by molar-refractivity contribution is 9.09. The lowest BCUT2D eigenvalue weighted by atomic mass is 9.71. The fraction of sp³-hybridized carbons (Fsp3) is 0.433. The SMILES string of the molecule is C=CCCOC(=O)[C@H]1[C@@H]2SC3(CC2Br)C(C(=O)N(CC=C)c2ccc4ccccc4c2)N(CCCO)C(=O)[C@H]13. The van der Waals surface area contributed by atoms with E-state index in [0.29, 0.717) is 19.3 Å². The highest BCUT2D eigenvalue weighted by Gasteiger charge is 2.76. The third-order valence-electron chi connectivity index (χ3n) is 8.04. The van der Waals surface area contributed by atoms with Gasteiger partial charge in [-0.1, -0.05) is 58.4 Å². The minimum atomic E-state index is -0.783. The Kier molecular flexibility index (Phi) is 8.21. The molecule has 3 unspecified atom stereocenters. The van der Waals surface area contributed by atoms with Crippen molar-refractivity contribution in [1.82, 2.24) is 4.90 Å². The number of esters is 1. The maximum atomic E-state index is 14.6. The number of aliphatic hydroxyl groups excluding tert-OH is 1. The first-order valence-electron chi connectivity index (χ1n) is 13.3. The largest absolute Gasteiger partial charge is 0.465 e. The van der Waals surface area contributed by atoms with Crippen molar-refractivity contribution >= 4 is 61.9 Å². The normalized spacial score (nSPS) is 28.9. The second-order valence-corrected chi connectivity index (χ2v) is 13.0. The highest BCUT2D eigenvalue weighted by atomic mass is 79.9. The Labute approximate surface area is 241 Å². The van der Waals surface area contributed by atoms with Gasteiger partial charge in [-0.15, -0.1) is 24.9 Å². The summed E-state index contributed by atoms with van der Waals surface area (Å²) in [5, 5.41) is 11.5. The zero-order valence-corrected chi connectivity index (χ0v) is 24.1. The third-order valence-corrected chi connectivity index (χ3v) is 11.3. The molecule has 3 aliphatic heterocycles. The molecule has 1 N–H and O–H groups in total. The Balaban J connectivity index is 1.55. The predicted octanol–water partition coefficient (Wildman–Crippen LogP) is 4.33. The van der Waals surface area contributed by atoms with Crippen LogP contribution in [-0.2, 0) is 19.1 Å². The van der Waals surface area contributed by atoms with Gasteiger partial charge in [0.1, 0.15) is 6.04 Å². The predicted molar refractivity (Wildman–Crippen MR) is 158 cm³/mol. The van der Waals surface area contributed by atoms with Crippen molar-refractivity contribution in [3.05, 3.63) is 67.8 Å². The monoisotopic (exact) mass is 612 g/mol. The van der Waals surface area contributed by atoms with Crippen molar-refractivity contribution in [2.45, 2.75) is 40.1 Å². The van der Waals surface area contributed by atoms with E-state index in [0.717, 1.165) is 16.5 Å². The molecular formula is C30H33BrN2O5S. The van der Waals surface area contributed by atoms with Gasteiger partial charge in [0.25, 0.3) is 5.91 Å². The molecule has 9 heteroatoms. The Bertz CT molecular complexity index is 1300. The molecule has 2 aromatic rings. The van der Waals surface area contributed by atoms with Gasteiger partial charge in [0, 0.05) is 35.5 Å². The van der Waals surface area contributed by atoms with E-state index in [1.165, 1.54) is 0 Å². The summed E-state index contributed by atoms with van der Waals surface area (Å²) < 4.78 is 4.79. The molecule has 0 radical (unpaired) electrons.